The molecule has 1 aromatic heterocycles. The molecule has 2 aliphatic heterocycles. The highest BCUT2D eigenvalue weighted by Gasteiger charge is 2.29. The van der Waals surface area contributed by atoms with Crippen molar-refractivity contribution in [3.8, 4) is 5.75 Å². The number of nitrogens with zero attached hydrogens (tertiary/aromatic N) is 4. The number of carbonyl (C=O) groups excluding carboxylic acids is 1. The van der Waals surface area contributed by atoms with Crippen LogP contribution in [0.4, 0.5) is 5.82 Å². The van der Waals surface area contributed by atoms with Crippen LogP contribution in [0.1, 0.15) is 46.7 Å². The number of hydrogen-bond donors (Lipinski definition) is 0. The molecule has 3 heterocycles. The first-order valence-corrected chi connectivity index (χ1v) is 9.71. The summed E-state index contributed by atoms with van der Waals surface area (Å²) in [5.74, 6) is 2.46. The Morgan fingerprint density at radius 1 is 1.07 bits per heavy atom. The number of carbonyl (C=O) groups is 1. The van der Waals surface area contributed by atoms with E-state index in [0.29, 0.717) is 24.4 Å². The molecular formula is C21H26N4O2. The first kappa shape index (κ1) is 17.8. The van der Waals surface area contributed by atoms with Gasteiger partial charge in [0.2, 0.25) is 0 Å². The molecule has 1 fully saturated rings. The van der Waals surface area contributed by atoms with Gasteiger partial charge in [-0.05, 0) is 38.3 Å². The molecule has 6 nitrogen and oxygen atoms in total. The molecule has 1 aromatic carbocycles. The van der Waals surface area contributed by atoms with Crippen LogP contribution in [0.3, 0.4) is 0 Å². The minimum atomic E-state index is 0.00303. The van der Waals surface area contributed by atoms with Gasteiger partial charge in [-0.15, -0.1) is 0 Å². The van der Waals surface area contributed by atoms with Crippen molar-refractivity contribution in [2.75, 3.05) is 31.6 Å². The fourth-order valence-corrected chi connectivity index (χ4v) is 4.05. The summed E-state index contributed by atoms with van der Waals surface area (Å²) in [7, 11) is 1.60. The summed E-state index contributed by atoms with van der Waals surface area (Å²) in [6.07, 6.45) is 4.44. The Balaban J connectivity index is 1.65. The van der Waals surface area contributed by atoms with E-state index in [1.54, 1.807) is 7.11 Å². The van der Waals surface area contributed by atoms with E-state index >= 15 is 0 Å². The molecule has 0 radical (unpaired) electrons. The molecule has 0 N–H and O–H groups in total. The first-order valence-electron chi connectivity index (χ1n) is 9.71. The number of aryl methyl sites for hydroxylation is 1. The van der Waals surface area contributed by atoms with Gasteiger partial charge in [-0.25, -0.2) is 9.97 Å². The number of aromatic nitrogens is 2. The predicted octanol–water partition coefficient (Wildman–Crippen LogP) is 2.98. The highest BCUT2D eigenvalue weighted by molar-refractivity contribution is 5.97. The van der Waals surface area contributed by atoms with E-state index in [0.717, 1.165) is 42.4 Å². The molecule has 0 aliphatic carbocycles. The van der Waals surface area contributed by atoms with Crippen molar-refractivity contribution in [3.63, 3.8) is 0 Å². The van der Waals surface area contributed by atoms with E-state index in [1.165, 1.54) is 19.3 Å². The molecule has 0 saturated carbocycles. The Morgan fingerprint density at radius 3 is 2.63 bits per heavy atom. The van der Waals surface area contributed by atoms with Crippen molar-refractivity contribution < 1.29 is 9.53 Å². The molecule has 6 heteroatoms. The van der Waals surface area contributed by atoms with E-state index in [-0.39, 0.29) is 5.91 Å². The Morgan fingerprint density at radius 2 is 1.85 bits per heavy atom. The number of anilines is 1. The van der Waals surface area contributed by atoms with Gasteiger partial charge in [-0.3, -0.25) is 4.79 Å². The number of para-hydroxylation sites is 1. The average Bonchev–Trinajstić information content (AvgIpc) is 2.73. The molecule has 0 unspecified atom stereocenters. The maximum absolute atomic E-state index is 13.1. The molecule has 0 spiro atoms. The molecule has 4 rings (SSSR count). The van der Waals surface area contributed by atoms with E-state index in [4.69, 9.17) is 9.72 Å². The SMILES string of the molecule is COc1ccccc1C(=O)N1CCc2nc(C)nc(N3CCCCC3)c2C1. The Kier molecular flexibility index (Phi) is 4.97. The van der Waals surface area contributed by atoms with Crippen molar-refractivity contribution in [1.82, 2.24) is 14.9 Å². The fraction of sp³-hybridized carbons (Fsp3) is 0.476. The number of benzene rings is 1. The topological polar surface area (TPSA) is 58.6 Å². The fourth-order valence-electron chi connectivity index (χ4n) is 4.05. The van der Waals surface area contributed by atoms with Crippen LogP contribution in [0.2, 0.25) is 0 Å². The molecule has 0 atom stereocenters. The quantitative estimate of drug-likeness (QED) is 0.836. The third kappa shape index (κ3) is 3.48. The Bertz CT molecular complexity index is 846. The van der Waals surface area contributed by atoms with E-state index in [9.17, 15) is 4.79 Å². The van der Waals surface area contributed by atoms with Crippen LogP contribution in [0.25, 0.3) is 0 Å². The van der Waals surface area contributed by atoms with Crippen molar-refractivity contribution >= 4 is 11.7 Å². The van der Waals surface area contributed by atoms with Crippen molar-refractivity contribution in [1.29, 1.82) is 0 Å². The van der Waals surface area contributed by atoms with Crippen LogP contribution in [0.5, 0.6) is 5.75 Å². The molecule has 0 bridgehead atoms. The minimum Gasteiger partial charge on any atom is -0.496 e. The lowest BCUT2D eigenvalue weighted by Gasteiger charge is -2.34. The summed E-state index contributed by atoms with van der Waals surface area (Å²) in [5, 5.41) is 0. The monoisotopic (exact) mass is 366 g/mol. The molecule has 1 saturated heterocycles. The Labute approximate surface area is 160 Å². The van der Waals surface area contributed by atoms with Crippen LogP contribution in [0, 0.1) is 6.92 Å². The lowest BCUT2D eigenvalue weighted by atomic mass is 10.0. The van der Waals surface area contributed by atoms with Gasteiger partial charge < -0.3 is 14.5 Å². The van der Waals surface area contributed by atoms with Gasteiger partial charge in [0.05, 0.1) is 24.9 Å². The zero-order valence-electron chi connectivity index (χ0n) is 16.1. The van der Waals surface area contributed by atoms with Gasteiger partial charge in [0.15, 0.2) is 0 Å². The molecule has 2 aliphatic rings. The van der Waals surface area contributed by atoms with Crippen molar-refractivity contribution in [2.45, 2.75) is 39.2 Å². The van der Waals surface area contributed by atoms with Gasteiger partial charge in [-0.2, -0.15) is 0 Å². The van der Waals surface area contributed by atoms with Crippen LogP contribution < -0.4 is 9.64 Å². The molecule has 27 heavy (non-hydrogen) atoms. The second-order valence-corrected chi connectivity index (χ2v) is 7.24. The first-order chi connectivity index (χ1) is 13.2. The van der Waals surface area contributed by atoms with E-state index in [1.807, 2.05) is 36.1 Å². The molecule has 1 amide bonds. The van der Waals surface area contributed by atoms with E-state index < -0.39 is 0 Å². The summed E-state index contributed by atoms with van der Waals surface area (Å²) in [6, 6.07) is 7.41. The largest absolute Gasteiger partial charge is 0.496 e. The van der Waals surface area contributed by atoms with Crippen LogP contribution >= 0.6 is 0 Å². The predicted molar refractivity (Wildman–Crippen MR) is 104 cm³/mol. The zero-order valence-corrected chi connectivity index (χ0v) is 16.1. The van der Waals surface area contributed by atoms with Gasteiger partial charge >= 0.3 is 0 Å². The lowest BCUT2D eigenvalue weighted by Crippen LogP contribution is -2.39. The highest BCUT2D eigenvalue weighted by atomic mass is 16.5. The third-order valence-electron chi connectivity index (χ3n) is 5.43. The second kappa shape index (κ2) is 7.55. The third-order valence-corrected chi connectivity index (χ3v) is 5.43. The summed E-state index contributed by atoms with van der Waals surface area (Å²) in [4.78, 5) is 26.8. The van der Waals surface area contributed by atoms with Crippen molar-refractivity contribution in [3.05, 3.63) is 46.9 Å². The number of fused-ring (bicyclic) bond motifs is 1. The standard InChI is InChI=1S/C21H26N4O2/c1-15-22-18-10-13-25(21(26)16-8-4-5-9-19(16)27-2)14-17(18)20(23-15)24-11-6-3-7-12-24/h4-5,8-9H,3,6-7,10-14H2,1-2H3. The summed E-state index contributed by atoms with van der Waals surface area (Å²) in [6.45, 7) is 5.24. The van der Waals surface area contributed by atoms with E-state index in [2.05, 4.69) is 9.88 Å². The molecular weight excluding hydrogens is 340 g/mol. The summed E-state index contributed by atoms with van der Waals surface area (Å²) in [5.41, 5.74) is 2.81. The number of amides is 1. The van der Waals surface area contributed by atoms with Gasteiger partial charge in [0, 0.05) is 31.6 Å². The normalized spacial score (nSPS) is 16.8. The number of rotatable bonds is 3. The number of ether oxygens (including phenoxy) is 1. The smallest absolute Gasteiger partial charge is 0.257 e. The van der Waals surface area contributed by atoms with Gasteiger partial charge in [0.25, 0.3) is 5.91 Å². The number of methoxy groups -OCH3 is 1. The van der Waals surface area contributed by atoms with Crippen LogP contribution in [0.15, 0.2) is 24.3 Å². The second-order valence-electron chi connectivity index (χ2n) is 7.24. The highest BCUT2D eigenvalue weighted by Crippen LogP contribution is 2.30. The van der Waals surface area contributed by atoms with Gasteiger partial charge in [-0.1, -0.05) is 12.1 Å². The maximum atomic E-state index is 13.1. The van der Waals surface area contributed by atoms with Crippen LogP contribution in [-0.4, -0.2) is 47.5 Å². The summed E-state index contributed by atoms with van der Waals surface area (Å²) >= 11 is 0. The van der Waals surface area contributed by atoms with Gasteiger partial charge in [0.1, 0.15) is 17.4 Å². The maximum Gasteiger partial charge on any atom is 0.257 e. The number of hydrogen-bond acceptors (Lipinski definition) is 5. The average molecular weight is 366 g/mol. The molecule has 142 valence electrons. The number of piperidine rings is 1. The Hall–Kier alpha value is -2.63. The zero-order chi connectivity index (χ0) is 18.8. The lowest BCUT2D eigenvalue weighted by molar-refractivity contribution is 0.0730. The van der Waals surface area contributed by atoms with Crippen LogP contribution in [-0.2, 0) is 13.0 Å². The molecule has 2 aromatic rings. The summed E-state index contributed by atoms with van der Waals surface area (Å²) < 4.78 is 5.38. The van der Waals surface area contributed by atoms with Crippen molar-refractivity contribution in [2.24, 2.45) is 0 Å². The minimum absolute atomic E-state index is 0.00303.